The molecule has 1 saturated carbocycles. The Kier molecular flexibility index (Phi) is 3.46. The highest BCUT2D eigenvalue weighted by atomic mass is 16.2. The smallest absolute Gasteiger partial charge is 0.324 e. The minimum absolute atomic E-state index is 0.189. The summed E-state index contributed by atoms with van der Waals surface area (Å²) in [5.74, 6) is 0. The van der Waals surface area contributed by atoms with E-state index in [0.717, 1.165) is 31.8 Å². The molecule has 2 aromatic rings. The van der Waals surface area contributed by atoms with Crippen LogP contribution in [0, 0.1) is 0 Å². The van der Waals surface area contributed by atoms with Gasteiger partial charge >= 0.3 is 6.03 Å². The number of aliphatic imine (C=N–C) groups is 1. The van der Waals surface area contributed by atoms with Gasteiger partial charge in [-0.1, -0.05) is 60.7 Å². The number of hydrogen-bond donors (Lipinski definition) is 1. The number of nitrogens with one attached hydrogen (secondary N) is 1. The van der Waals surface area contributed by atoms with Crippen molar-refractivity contribution in [3.8, 4) is 0 Å². The van der Waals surface area contributed by atoms with Crippen molar-refractivity contribution in [2.75, 3.05) is 6.54 Å². The summed E-state index contributed by atoms with van der Waals surface area (Å²) >= 11 is 0. The lowest BCUT2D eigenvalue weighted by Crippen LogP contribution is -2.43. The molecule has 0 aromatic heterocycles. The van der Waals surface area contributed by atoms with Crippen LogP contribution in [-0.4, -0.2) is 28.7 Å². The van der Waals surface area contributed by atoms with E-state index in [9.17, 15) is 4.79 Å². The molecule has 0 radical (unpaired) electrons. The van der Waals surface area contributed by atoms with E-state index in [1.807, 2.05) is 12.1 Å². The topological polar surface area (TPSA) is 44.7 Å². The zero-order valence-electron chi connectivity index (χ0n) is 12.9. The van der Waals surface area contributed by atoms with Crippen LogP contribution in [-0.2, 0) is 13.1 Å². The molecule has 4 heteroatoms. The maximum Gasteiger partial charge on any atom is 0.341 e. The van der Waals surface area contributed by atoms with Gasteiger partial charge in [0.05, 0.1) is 11.3 Å². The Labute approximate surface area is 135 Å². The fourth-order valence-electron chi connectivity index (χ4n) is 3.28. The van der Waals surface area contributed by atoms with Crippen LogP contribution in [0.25, 0.3) is 0 Å². The Hall–Kier alpha value is -2.46. The Morgan fingerprint density at radius 3 is 2.00 bits per heavy atom. The first-order valence-electron chi connectivity index (χ1n) is 7.94. The van der Waals surface area contributed by atoms with Crippen LogP contribution in [0.15, 0.2) is 65.7 Å². The summed E-state index contributed by atoms with van der Waals surface area (Å²) in [4.78, 5) is 17.9. The van der Waals surface area contributed by atoms with Gasteiger partial charge in [-0.2, -0.15) is 0 Å². The van der Waals surface area contributed by atoms with Crippen molar-refractivity contribution < 1.29 is 4.79 Å². The molecule has 1 unspecified atom stereocenters. The molecule has 1 N–H and O–H groups in total. The molecule has 2 amide bonds. The van der Waals surface area contributed by atoms with E-state index in [4.69, 9.17) is 0 Å². The molecular weight excluding hydrogens is 286 g/mol. The lowest BCUT2D eigenvalue weighted by atomic mass is 10.1. The number of amides is 2. The van der Waals surface area contributed by atoms with Crippen LogP contribution in [0.5, 0.6) is 0 Å². The third-order valence-corrected chi connectivity index (χ3v) is 4.47. The Morgan fingerprint density at radius 2 is 1.52 bits per heavy atom. The number of benzene rings is 2. The number of hydrogen-bond acceptors (Lipinski definition) is 2. The maximum absolute atomic E-state index is 11.5. The van der Waals surface area contributed by atoms with Gasteiger partial charge in [-0.05, 0) is 11.1 Å². The molecule has 1 heterocycles. The largest absolute Gasteiger partial charge is 0.341 e. The normalized spacial score (nSPS) is 21.8. The van der Waals surface area contributed by atoms with Crippen molar-refractivity contribution in [1.82, 2.24) is 10.2 Å². The summed E-state index contributed by atoms with van der Waals surface area (Å²) < 4.78 is 0. The minimum atomic E-state index is -0.208. The lowest BCUT2D eigenvalue weighted by molar-refractivity contribution is 0.219. The van der Waals surface area contributed by atoms with Gasteiger partial charge in [0.15, 0.2) is 0 Å². The third kappa shape index (κ3) is 3.03. The monoisotopic (exact) mass is 305 g/mol. The predicted octanol–water partition coefficient (Wildman–Crippen LogP) is 3.00. The highest BCUT2D eigenvalue weighted by Crippen LogP contribution is 2.37. The summed E-state index contributed by atoms with van der Waals surface area (Å²) in [6.07, 6.45) is 0.888. The lowest BCUT2D eigenvalue weighted by Gasteiger charge is -2.26. The molecule has 1 aliphatic carbocycles. The molecule has 1 aliphatic heterocycles. The molecule has 2 aliphatic rings. The van der Waals surface area contributed by atoms with Crippen molar-refractivity contribution in [2.24, 2.45) is 4.99 Å². The van der Waals surface area contributed by atoms with Crippen LogP contribution >= 0.6 is 0 Å². The summed E-state index contributed by atoms with van der Waals surface area (Å²) in [7, 11) is 0. The van der Waals surface area contributed by atoms with Crippen LogP contribution in [0.1, 0.15) is 17.5 Å². The highest BCUT2D eigenvalue weighted by Gasteiger charge is 2.57. The minimum Gasteiger partial charge on any atom is -0.324 e. The molecule has 0 saturated heterocycles. The summed E-state index contributed by atoms with van der Waals surface area (Å²) in [5, 5.41) is 3.02. The third-order valence-electron chi connectivity index (χ3n) is 4.47. The Morgan fingerprint density at radius 1 is 0.957 bits per heavy atom. The highest BCUT2D eigenvalue weighted by molar-refractivity contribution is 6.20. The van der Waals surface area contributed by atoms with Crippen LogP contribution < -0.4 is 5.32 Å². The Bertz CT molecular complexity index is 700. The van der Waals surface area contributed by atoms with Crippen molar-refractivity contribution >= 4 is 11.7 Å². The molecule has 23 heavy (non-hydrogen) atoms. The van der Waals surface area contributed by atoms with E-state index in [-0.39, 0.29) is 11.6 Å². The molecule has 116 valence electrons. The van der Waals surface area contributed by atoms with Crippen LogP contribution in [0.4, 0.5) is 4.79 Å². The van der Waals surface area contributed by atoms with E-state index < -0.39 is 0 Å². The van der Waals surface area contributed by atoms with Gasteiger partial charge in [0, 0.05) is 26.1 Å². The molecule has 4 rings (SSSR count). The number of rotatable bonds is 6. The molecular formula is C19H19N3O. The van der Waals surface area contributed by atoms with Crippen molar-refractivity contribution in [3.63, 3.8) is 0 Å². The first-order valence-corrected chi connectivity index (χ1v) is 7.94. The molecule has 1 atom stereocenters. The van der Waals surface area contributed by atoms with Crippen molar-refractivity contribution in [1.29, 1.82) is 0 Å². The SMILES string of the molecule is O=C1N=C2CC2(CN(Cc2ccccc2)Cc2ccccc2)N1. The Balaban J connectivity index is 1.52. The van der Waals surface area contributed by atoms with Gasteiger partial charge in [0.1, 0.15) is 0 Å². The predicted molar refractivity (Wildman–Crippen MR) is 90.3 cm³/mol. The van der Waals surface area contributed by atoms with E-state index in [0.29, 0.717) is 0 Å². The second-order valence-electron chi connectivity index (χ2n) is 6.36. The van der Waals surface area contributed by atoms with Crippen molar-refractivity contribution in [3.05, 3.63) is 71.8 Å². The second-order valence-corrected chi connectivity index (χ2v) is 6.36. The number of nitrogens with zero attached hydrogens (tertiary/aromatic N) is 2. The van der Waals surface area contributed by atoms with Gasteiger partial charge in [-0.3, -0.25) is 4.90 Å². The molecule has 2 aromatic carbocycles. The summed E-state index contributed by atoms with van der Waals surface area (Å²) in [5.41, 5.74) is 3.36. The number of urea groups is 1. The van der Waals surface area contributed by atoms with E-state index in [2.05, 4.69) is 63.7 Å². The fraction of sp³-hybridized carbons (Fsp3) is 0.263. The van der Waals surface area contributed by atoms with Gasteiger partial charge in [0.25, 0.3) is 0 Å². The first-order chi connectivity index (χ1) is 11.2. The van der Waals surface area contributed by atoms with E-state index >= 15 is 0 Å². The second kappa shape index (κ2) is 5.63. The average molecular weight is 305 g/mol. The van der Waals surface area contributed by atoms with E-state index in [1.54, 1.807) is 0 Å². The standard InChI is InChI=1S/C19H19N3O/c23-18-20-17-11-19(17,21-18)14-22(12-15-7-3-1-4-8-15)13-16-9-5-2-6-10-16/h1-10H,11-14H2,(H,21,23). The van der Waals surface area contributed by atoms with Crippen LogP contribution in [0.3, 0.4) is 0 Å². The molecule has 4 nitrogen and oxygen atoms in total. The summed E-state index contributed by atoms with van der Waals surface area (Å²) in [6.45, 7) is 2.53. The number of carbonyl (C=O) groups is 1. The fourth-order valence-corrected chi connectivity index (χ4v) is 3.28. The maximum atomic E-state index is 11.5. The van der Waals surface area contributed by atoms with Gasteiger partial charge < -0.3 is 5.32 Å². The van der Waals surface area contributed by atoms with Gasteiger partial charge in [-0.25, -0.2) is 9.79 Å². The zero-order valence-corrected chi connectivity index (χ0v) is 12.9. The molecule has 0 spiro atoms. The number of fused-ring (bicyclic) bond motifs is 1. The molecule has 0 bridgehead atoms. The van der Waals surface area contributed by atoms with E-state index in [1.165, 1.54) is 11.1 Å². The zero-order chi connectivity index (χ0) is 15.7. The van der Waals surface area contributed by atoms with Gasteiger partial charge in [-0.15, -0.1) is 0 Å². The molecule has 1 fully saturated rings. The first kappa shape index (κ1) is 14.2. The average Bonchev–Trinajstić information content (AvgIpc) is 3.10. The quantitative estimate of drug-likeness (QED) is 0.891. The van der Waals surface area contributed by atoms with Crippen LogP contribution in [0.2, 0.25) is 0 Å². The summed E-state index contributed by atoms with van der Waals surface area (Å²) in [6, 6.07) is 20.7. The van der Waals surface area contributed by atoms with Gasteiger partial charge in [0.2, 0.25) is 0 Å². The number of carbonyl (C=O) groups excluding carboxylic acids is 1. The van der Waals surface area contributed by atoms with Crippen molar-refractivity contribution in [2.45, 2.75) is 25.0 Å².